The average Bonchev–Trinajstić information content (AvgIpc) is 2.34. The van der Waals surface area contributed by atoms with Crippen molar-refractivity contribution in [3.63, 3.8) is 0 Å². The molecule has 0 aliphatic heterocycles. The van der Waals surface area contributed by atoms with Crippen LogP contribution in [0.15, 0.2) is 18.4 Å². The van der Waals surface area contributed by atoms with Gasteiger partial charge in [0, 0.05) is 0 Å². The molecule has 0 heterocycles. The molecule has 1 aromatic carbocycles. The minimum absolute atomic E-state index is 0.583. The predicted octanol–water partition coefficient (Wildman–Crippen LogP) is 2.33. The third-order valence-electron chi connectivity index (χ3n) is 2.08. The lowest BCUT2D eigenvalue weighted by Crippen LogP contribution is -1.95. The minimum atomic E-state index is 0.583. The predicted molar refractivity (Wildman–Crippen MR) is 62.1 cm³/mol. The largest absolute Gasteiger partial charge is 0.504 e. The molecule has 0 spiro atoms. The molecule has 0 N–H and O–H groups in total. The lowest BCUT2D eigenvalue weighted by molar-refractivity contribution is 0.324. The van der Waals surface area contributed by atoms with Crippen LogP contribution in [0.2, 0.25) is 0 Å². The minimum Gasteiger partial charge on any atom is -0.504 e. The Hall–Kier alpha value is -1.84. The van der Waals surface area contributed by atoms with Gasteiger partial charge in [0.15, 0.2) is 11.5 Å². The molecular formula is C12H16O4. The van der Waals surface area contributed by atoms with E-state index in [4.69, 9.17) is 18.9 Å². The SMILES string of the molecule is CO/C=C/c1cc(OC)c(OC)c(OC)c1. The molecule has 0 aliphatic carbocycles. The summed E-state index contributed by atoms with van der Waals surface area (Å²) < 4.78 is 20.5. The molecule has 0 atom stereocenters. The molecule has 0 amide bonds. The lowest BCUT2D eigenvalue weighted by Gasteiger charge is -2.12. The Labute approximate surface area is 95.4 Å². The van der Waals surface area contributed by atoms with Gasteiger partial charge >= 0.3 is 0 Å². The van der Waals surface area contributed by atoms with Gasteiger partial charge in [-0.15, -0.1) is 0 Å². The van der Waals surface area contributed by atoms with Gasteiger partial charge in [-0.1, -0.05) is 0 Å². The molecule has 88 valence electrons. The fourth-order valence-electron chi connectivity index (χ4n) is 1.34. The Balaban J connectivity index is 3.20. The highest BCUT2D eigenvalue weighted by molar-refractivity contribution is 5.61. The standard InChI is InChI=1S/C12H16O4/c1-13-6-5-9-7-10(14-2)12(16-4)11(8-9)15-3/h5-8H,1-4H3/b6-5+. The van der Waals surface area contributed by atoms with Crippen LogP contribution in [-0.2, 0) is 4.74 Å². The van der Waals surface area contributed by atoms with Crippen molar-refractivity contribution in [1.82, 2.24) is 0 Å². The van der Waals surface area contributed by atoms with E-state index in [0.717, 1.165) is 5.56 Å². The Morgan fingerprint density at radius 2 is 1.44 bits per heavy atom. The van der Waals surface area contributed by atoms with E-state index in [1.54, 1.807) is 34.7 Å². The highest BCUT2D eigenvalue weighted by atomic mass is 16.5. The second-order valence-electron chi connectivity index (χ2n) is 3.00. The third kappa shape index (κ3) is 2.59. The normalized spacial score (nSPS) is 10.2. The van der Waals surface area contributed by atoms with E-state index in [0.29, 0.717) is 17.2 Å². The maximum absolute atomic E-state index is 5.22. The Kier molecular flexibility index (Phi) is 4.51. The van der Waals surface area contributed by atoms with Gasteiger partial charge in [0.25, 0.3) is 0 Å². The van der Waals surface area contributed by atoms with Crippen LogP contribution in [-0.4, -0.2) is 28.4 Å². The van der Waals surface area contributed by atoms with Crippen molar-refractivity contribution < 1.29 is 18.9 Å². The first kappa shape index (κ1) is 12.2. The monoisotopic (exact) mass is 224 g/mol. The van der Waals surface area contributed by atoms with Gasteiger partial charge in [0.2, 0.25) is 5.75 Å². The molecule has 0 saturated heterocycles. The molecule has 0 aromatic heterocycles. The molecule has 16 heavy (non-hydrogen) atoms. The summed E-state index contributed by atoms with van der Waals surface area (Å²) in [5.74, 6) is 1.83. The lowest BCUT2D eigenvalue weighted by atomic mass is 10.2. The zero-order chi connectivity index (χ0) is 12.0. The summed E-state index contributed by atoms with van der Waals surface area (Å²) in [6.45, 7) is 0. The summed E-state index contributed by atoms with van der Waals surface area (Å²) in [6, 6.07) is 3.69. The molecule has 1 rings (SSSR count). The summed E-state index contributed by atoms with van der Waals surface area (Å²) in [5, 5.41) is 0. The Morgan fingerprint density at radius 3 is 1.81 bits per heavy atom. The molecule has 0 fully saturated rings. The van der Waals surface area contributed by atoms with Crippen molar-refractivity contribution in [3.05, 3.63) is 24.0 Å². The second kappa shape index (κ2) is 5.90. The quantitative estimate of drug-likeness (QED) is 0.719. The molecular weight excluding hydrogens is 208 g/mol. The summed E-state index contributed by atoms with van der Waals surface area (Å²) >= 11 is 0. The van der Waals surface area contributed by atoms with Gasteiger partial charge in [-0.25, -0.2) is 0 Å². The second-order valence-corrected chi connectivity index (χ2v) is 3.00. The number of ether oxygens (including phenoxy) is 4. The van der Waals surface area contributed by atoms with E-state index in [2.05, 4.69) is 0 Å². The zero-order valence-electron chi connectivity index (χ0n) is 9.94. The average molecular weight is 224 g/mol. The summed E-state index contributed by atoms with van der Waals surface area (Å²) in [6.07, 6.45) is 3.39. The number of methoxy groups -OCH3 is 4. The van der Waals surface area contributed by atoms with Crippen LogP contribution >= 0.6 is 0 Å². The van der Waals surface area contributed by atoms with E-state index < -0.39 is 0 Å². The Morgan fingerprint density at radius 1 is 0.875 bits per heavy atom. The molecule has 4 heteroatoms. The van der Waals surface area contributed by atoms with Crippen LogP contribution in [0.3, 0.4) is 0 Å². The Bertz CT molecular complexity index is 346. The smallest absolute Gasteiger partial charge is 0.203 e. The molecule has 0 unspecified atom stereocenters. The van der Waals surface area contributed by atoms with Crippen LogP contribution in [0.4, 0.5) is 0 Å². The van der Waals surface area contributed by atoms with E-state index in [1.807, 2.05) is 18.2 Å². The van der Waals surface area contributed by atoms with Gasteiger partial charge in [-0.2, -0.15) is 0 Å². The summed E-state index contributed by atoms with van der Waals surface area (Å²) in [5.41, 5.74) is 0.913. The van der Waals surface area contributed by atoms with Crippen LogP contribution in [0, 0.1) is 0 Å². The van der Waals surface area contributed by atoms with Gasteiger partial charge in [0.1, 0.15) is 0 Å². The fourth-order valence-corrected chi connectivity index (χ4v) is 1.34. The fraction of sp³-hybridized carbons (Fsp3) is 0.333. The molecule has 0 saturated carbocycles. The number of hydrogen-bond acceptors (Lipinski definition) is 4. The highest BCUT2D eigenvalue weighted by Crippen LogP contribution is 2.38. The molecule has 1 aromatic rings. The number of hydrogen-bond donors (Lipinski definition) is 0. The molecule has 0 bridgehead atoms. The van der Waals surface area contributed by atoms with Crippen molar-refractivity contribution in [2.24, 2.45) is 0 Å². The first-order chi connectivity index (χ1) is 7.76. The maximum Gasteiger partial charge on any atom is 0.203 e. The van der Waals surface area contributed by atoms with Crippen LogP contribution in [0.1, 0.15) is 5.56 Å². The van der Waals surface area contributed by atoms with Crippen LogP contribution < -0.4 is 14.2 Å². The van der Waals surface area contributed by atoms with Gasteiger partial charge in [-0.3, -0.25) is 0 Å². The highest BCUT2D eigenvalue weighted by Gasteiger charge is 2.11. The van der Waals surface area contributed by atoms with E-state index >= 15 is 0 Å². The van der Waals surface area contributed by atoms with Gasteiger partial charge < -0.3 is 18.9 Å². The summed E-state index contributed by atoms with van der Waals surface area (Å²) in [4.78, 5) is 0. The number of rotatable bonds is 5. The molecule has 4 nitrogen and oxygen atoms in total. The molecule has 0 aliphatic rings. The zero-order valence-corrected chi connectivity index (χ0v) is 9.94. The van der Waals surface area contributed by atoms with Crippen molar-refractivity contribution in [2.75, 3.05) is 28.4 Å². The first-order valence-electron chi connectivity index (χ1n) is 4.76. The van der Waals surface area contributed by atoms with Crippen LogP contribution in [0.25, 0.3) is 6.08 Å². The topological polar surface area (TPSA) is 36.9 Å². The number of benzene rings is 1. The van der Waals surface area contributed by atoms with Gasteiger partial charge in [0.05, 0.1) is 34.7 Å². The van der Waals surface area contributed by atoms with Gasteiger partial charge in [-0.05, 0) is 23.8 Å². The van der Waals surface area contributed by atoms with Crippen molar-refractivity contribution in [3.8, 4) is 17.2 Å². The van der Waals surface area contributed by atoms with E-state index in [9.17, 15) is 0 Å². The van der Waals surface area contributed by atoms with E-state index in [1.165, 1.54) is 0 Å². The van der Waals surface area contributed by atoms with Crippen LogP contribution in [0.5, 0.6) is 17.2 Å². The summed E-state index contributed by atoms with van der Waals surface area (Å²) in [7, 11) is 6.34. The van der Waals surface area contributed by atoms with Crippen molar-refractivity contribution in [1.29, 1.82) is 0 Å². The third-order valence-corrected chi connectivity index (χ3v) is 2.08. The van der Waals surface area contributed by atoms with Crippen molar-refractivity contribution in [2.45, 2.75) is 0 Å². The molecule has 0 radical (unpaired) electrons. The first-order valence-corrected chi connectivity index (χ1v) is 4.76. The maximum atomic E-state index is 5.22. The van der Waals surface area contributed by atoms with E-state index in [-0.39, 0.29) is 0 Å². The van der Waals surface area contributed by atoms with Crippen molar-refractivity contribution >= 4 is 6.08 Å².